The molecule has 1 spiro atoms. The summed E-state index contributed by atoms with van der Waals surface area (Å²) in [7, 11) is 0. The average Bonchev–Trinajstić information content (AvgIpc) is 3.53. The molecule has 1 fully saturated rings. The Kier molecular flexibility index (Phi) is 3.80. The lowest BCUT2D eigenvalue weighted by Crippen LogP contribution is -2.25. The number of nitrogens with zero attached hydrogens (tertiary/aromatic N) is 4. The van der Waals surface area contributed by atoms with Gasteiger partial charge in [0.05, 0.1) is 11.3 Å². The van der Waals surface area contributed by atoms with Crippen LogP contribution in [0.3, 0.4) is 0 Å². The summed E-state index contributed by atoms with van der Waals surface area (Å²) in [6.07, 6.45) is 9.80. The van der Waals surface area contributed by atoms with Crippen LogP contribution in [-0.4, -0.2) is 37.8 Å². The van der Waals surface area contributed by atoms with Crippen LogP contribution < -0.4 is 5.32 Å². The first kappa shape index (κ1) is 17.4. The summed E-state index contributed by atoms with van der Waals surface area (Å²) in [6.45, 7) is 5.19. The molecular formula is C24H22N6. The van der Waals surface area contributed by atoms with E-state index in [1.807, 2.05) is 25.4 Å². The average molecular weight is 394 g/mol. The summed E-state index contributed by atoms with van der Waals surface area (Å²) in [5.74, 6) is 6.53. The van der Waals surface area contributed by atoms with Crippen molar-refractivity contribution in [1.29, 1.82) is 0 Å². The Morgan fingerprint density at radius 3 is 2.93 bits per heavy atom. The van der Waals surface area contributed by atoms with Crippen LogP contribution in [0.4, 0.5) is 0 Å². The van der Waals surface area contributed by atoms with Gasteiger partial charge in [-0.1, -0.05) is 11.8 Å². The van der Waals surface area contributed by atoms with Crippen LogP contribution in [0.5, 0.6) is 0 Å². The third kappa shape index (κ3) is 2.66. The SMILES string of the molecule is Cc1ccncc1C#Cc1c[nH]c2ncc(-c3cc4n(n3)CCC43CCNC3)cc12. The fourth-order valence-corrected chi connectivity index (χ4v) is 4.76. The molecule has 1 saturated heterocycles. The minimum Gasteiger partial charge on any atom is -0.345 e. The van der Waals surface area contributed by atoms with Crippen LogP contribution in [0.25, 0.3) is 22.3 Å². The minimum absolute atomic E-state index is 0.259. The maximum absolute atomic E-state index is 4.90. The van der Waals surface area contributed by atoms with Crippen molar-refractivity contribution in [3.63, 3.8) is 0 Å². The predicted molar refractivity (Wildman–Crippen MR) is 116 cm³/mol. The molecule has 0 saturated carbocycles. The highest BCUT2D eigenvalue weighted by molar-refractivity contribution is 5.86. The van der Waals surface area contributed by atoms with E-state index in [2.05, 4.69) is 48.9 Å². The summed E-state index contributed by atoms with van der Waals surface area (Å²) < 4.78 is 2.19. The van der Waals surface area contributed by atoms with Crippen LogP contribution in [0.15, 0.2) is 43.0 Å². The number of nitrogens with one attached hydrogen (secondary N) is 2. The fourth-order valence-electron chi connectivity index (χ4n) is 4.76. The number of hydrogen-bond acceptors (Lipinski definition) is 4. The molecule has 6 nitrogen and oxygen atoms in total. The third-order valence-corrected chi connectivity index (χ3v) is 6.57. The number of pyridine rings is 2. The molecule has 2 N–H and O–H groups in total. The molecule has 2 aliphatic heterocycles. The lowest BCUT2D eigenvalue weighted by atomic mass is 9.82. The van der Waals surface area contributed by atoms with Crippen molar-refractivity contribution < 1.29 is 0 Å². The minimum atomic E-state index is 0.259. The molecule has 0 bridgehead atoms. The molecule has 0 aliphatic carbocycles. The van der Waals surface area contributed by atoms with Gasteiger partial charge in [-0.15, -0.1) is 0 Å². The maximum atomic E-state index is 4.90. The number of aryl methyl sites for hydroxylation is 2. The molecular weight excluding hydrogens is 372 g/mol. The second-order valence-electron chi connectivity index (χ2n) is 8.36. The number of rotatable bonds is 1. The lowest BCUT2D eigenvalue weighted by molar-refractivity contribution is 0.467. The van der Waals surface area contributed by atoms with E-state index in [4.69, 9.17) is 5.10 Å². The van der Waals surface area contributed by atoms with Crippen molar-refractivity contribution in [2.24, 2.45) is 0 Å². The van der Waals surface area contributed by atoms with E-state index in [9.17, 15) is 0 Å². The first-order valence-electron chi connectivity index (χ1n) is 10.4. The van der Waals surface area contributed by atoms with Gasteiger partial charge in [-0.3, -0.25) is 9.67 Å². The molecule has 0 aromatic carbocycles. The van der Waals surface area contributed by atoms with E-state index >= 15 is 0 Å². The monoisotopic (exact) mass is 394 g/mol. The van der Waals surface area contributed by atoms with Crippen LogP contribution in [0, 0.1) is 18.8 Å². The smallest absolute Gasteiger partial charge is 0.138 e. The van der Waals surface area contributed by atoms with E-state index in [0.29, 0.717) is 0 Å². The molecule has 1 atom stereocenters. The Labute approximate surface area is 174 Å². The summed E-state index contributed by atoms with van der Waals surface area (Å²) in [5.41, 5.74) is 7.49. The Morgan fingerprint density at radius 1 is 1.13 bits per heavy atom. The molecule has 4 aromatic heterocycles. The van der Waals surface area contributed by atoms with Gasteiger partial charge < -0.3 is 10.3 Å². The molecule has 0 radical (unpaired) electrons. The number of aromatic amines is 1. The molecule has 6 rings (SSSR count). The quantitative estimate of drug-likeness (QED) is 0.487. The number of fused-ring (bicyclic) bond motifs is 3. The van der Waals surface area contributed by atoms with Crippen molar-refractivity contribution in [2.45, 2.75) is 31.7 Å². The molecule has 2 aliphatic rings. The zero-order valence-corrected chi connectivity index (χ0v) is 16.9. The summed E-state index contributed by atoms with van der Waals surface area (Å²) in [4.78, 5) is 12.0. The second-order valence-corrected chi connectivity index (χ2v) is 8.36. The van der Waals surface area contributed by atoms with Crippen LogP contribution in [-0.2, 0) is 12.0 Å². The van der Waals surface area contributed by atoms with Crippen molar-refractivity contribution >= 4 is 11.0 Å². The lowest BCUT2D eigenvalue weighted by Gasteiger charge is -2.20. The van der Waals surface area contributed by atoms with Gasteiger partial charge in [0.2, 0.25) is 0 Å². The van der Waals surface area contributed by atoms with Crippen LogP contribution >= 0.6 is 0 Å². The van der Waals surface area contributed by atoms with Crippen LogP contribution in [0.2, 0.25) is 0 Å². The van der Waals surface area contributed by atoms with E-state index in [-0.39, 0.29) is 5.41 Å². The van der Waals surface area contributed by atoms with Gasteiger partial charge in [-0.05, 0) is 50.1 Å². The van der Waals surface area contributed by atoms with Crippen LogP contribution in [0.1, 0.15) is 35.2 Å². The third-order valence-electron chi connectivity index (χ3n) is 6.57. The Hall–Kier alpha value is -3.43. The van der Waals surface area contributed by atoms with Gasteiger partial charge in [-0.2, -0.15) is 5.10 Å². The number of aromatic nitrogens is 5. The van der Waals surface area contributed by atoms with Crippen molar-refractivity contribution in [2.75, 3.05) is 13.1 Å². The first-order valence-corrected chi connectivity index (χ1v) is 10.4. The summed E-state index contributed by atoms with van der Waals surface area (Å²) in [6, 6.07) is 6.39. The Balaban J connectivity index is 1.39. The zero-order valence-electron chi connectivity index (χ0n) is 16.9. The van der Waals surface area contributed by atoms with Crippen molar-refractivity contribution in [3.05, 3.63) is 65.4 Å². The highest BCUT2D eigenvalue weighted by Crippen LogP contribution is 2.41. The summed E-state index contributed by atoms with van der Waals surface area (Å²) >= 11 is 0. The first-order chi connectivity index (χ1) is 14.7. The number of hydrogen-bond donors (Lipinski definition) is 2. The largest absolute Gasteiger partial charge is 0.345 e. The second kappa shape index (κ2) is 6.54. The van der Waals surface area contributed by atoms with Crippen molar-refractivity contribution in [1.82, 2.24) is 30.0 Å². The molecule has 30 heavy (non-hydrogen) atoms. The van der Waals surface area contributed by atoms with Gasteiger partial charge in [0.1, 0.15) is 5.65 Å². The Bertz CT molecular complexity index is 1330. The Morgan fingerprint density at radius 2 is 2.07 bits per heavy atom. The van der Waals surface area contributed by atoms with Gasteiger partial charge >= 0.3 is 0 Å². The van der Waals surface area contributed by atoms with Crippen molar-refractivity contribution in [3.8, 4) is 23.1 Å². The van der Waals surface area contributed by atoms with Gasteiger partial charge in [0.15, 0.2) is 0 Å². The van der Waals surface area contributed by atoms with E-state index in [0.717, 1.165) is 58.6 Å². The van der Waals surface area contributed by atoms with E-state index in [1.54, 1.807) is 12.4 Å². The van der Waals surface area contributed by atoms with Gasteiger partial charge in [0.25, 0.3) is 0 Å². The molecule has 4 aromatic rings. The molecule has 1 unspecified atom stereocenters. The van der Waals surface area contributed by atoms with E-state index < -0.39 is 0 Å². The summed E-state index contributed by atoms with van der Waals surface area (Å²) in [5, 5.41) is 9.45. The predicted octanol–water partition coefficient (Wildman–Crippen LogP) is 3.16. The zero-order chi connectivity index (χ0) is 20.1. The fraction of sp³-hybridized carbons (Fsp3) is 0.292. The molecule has 148 valence electrons. The number of H-pyrrole nitrogens is 1. The van der Waals surface area contributed by atoms with Gasteiger partial charge in [0, 0.05) is 65.5 Å². The molecule has 0 amide bonds. The van der Waals surface area contributed by atoms with E-state index in [1.165, 1.54) is 18.5 Å². The maximum Gasteiger partial charge on any atom is 0.138 e. The van der Waals surface area contributed by atoms with Gasteiger partial charge in [-0.25, -0.2) is 4.98 Å². The standard InChI is InChI=1S/C24H22N6/c1-16-4-7-25-12-17(16)2-3-18-13-27-23-20(18)10-19(14-28-23)21-11-22-24(5-8-26-15-24)6-9-30(22)29-21/h4,7,10-14,26H,5-6,8-9,15H2,1H3,(H,27,28). The normalized spacial score (nSPS) is 19.9. The molecule has 6 heteroatoms. The molecule has 6 heterocycles. The highest BCUT2D eigenvalue weighted by atomic mass is 15.3. The highest BCUT2D eigenvalue weighted by Gasteiger charge is 2.42. The topological polar surface area (TPSA) is 71.4 Å².